The van der Waals surface area contributed by atoms with Crippen LogP contribution in [0.1, 0.15) is 30.5 Å². The topological polar surface area (TPSA) is 75.7 Å². The highest BCUT2D eigenvalue weighted by atomic mass is 32.2. The van der Waals surface area contributed by atoms with Gasteiger partial charge in [-0.15, -0.1) is 0 Å². The highest BCUT2D eigenvalue weighted by molar-refractivity contribution is 7.89. The van der Waals surface area contributed by atoms with Crippen LogP contribution in [0.15, 0.2) is 83.8 Å². The van der Waals surface area contributed by atoms with E-state index in [-0.39, 0.29) is 16.8 Å². The molecule has 0 aliphatic rings. The number of methoxy groups -OCH3 is 1. The van der Waals surface area contributed by atoms with E-state index in [9.17, 15) is 13.2 Å². The normalized spacial score (nSPS) is 12.2. The number of benzene rings is 3. The summed E-state index contributed by atoms with van der Waals surface area (Å²) in [6.07, 6.45) is 0.824. The molecule has 0 heterocycles. The van der Waals surface area contributed by atoms with Crippen LogP contribution in [0, 0.1) is 0 Å². The third kappa shape index (κ3) is 5.96. The number of nitrogens with zero attached hydrogens (tertiary/aromatic N) is 1. The standard InChI is InChI=1S/C25H28N2O4S/c1-19(21-8-5-4-6-9-21)26-32(29,30)24-15-12-20(13-16-24)14-17-25(28)27(2)22-10-7-11-23(18-22)31-3/h4-13,15-16,18-19,26H,14,17H2,1-3H3/t19-/m0/s1. The molecule has 0 bridgehead atoms. The summed E-state index contributed by atoms with van der Waals surface area (Å²) in [6.45, 7) is 1.81. The van der Waals surface area contributed by atoms with Gasteiger partial charge >= 0.3 is 0 Å². The number of anilines is 1. The fourth-order valence-electron chi connectivity index (χ4n) is 3.33. The first kappa shape index (κ1) is 23.5. The molecule has 0 aliphatic carbocycles. The summed E-state index contributed by atoms with van der Waals surface area (Å²) in [5.41, 5.74) is 2.55. The first-order valence-electron chi connectivity index (χ1n) is 10.4. The average Bonchev–Trinajstić information content (AvgIpc) is 2.82. The molecule has 7 heteroatoms. The lowest BCUT2D eigenvalue weighted by molar-refractivity contribution is -0.118. The maximum Gasteiger partial charge on any atom is 0.241 e. The predicted octanol–water partition coefficient (Wildman–Crippen LogP) is 4.33. The van der Waals surface area contributed by atoms with E-state index < -0.39 is 10.0 Å². The van der Waals surface area contributed by atoms with E-state index in [0.717, 1.165) is 16.8 Å². The van der Waals surface area contributed by atoms with Gasteiger partial charge in [0.25, 0.3) is 0 Å². The SMILES string of the molecule is COc1cccc(N(C)C(=O)CCc2ccc(S(=O)(=O)N[C@@H](C)c3ccccc3)cc2)c1. The maximum atomic E-state index is 12.7. The molecule has 0 unspecified atom stereocenters. The van der Waals surface area contributed by atoms with Crippen LogP contribution in [0.25, 0.3) is 0 Å². The Balaban J connectivity index is 1.59. The number of rotatable bonds is 9. The molecule has 3 aromatic carbocycles. The van der Waals surface area contributed by atoms with Gasteiger partial charge in [0, 0.05) is 31.3 Å². The fourth-order valence-corrected chi connectivity index (χ4v) is 4.56. The van der Waals surface area contributed by atoms with Crippen molar-refractivity contribution in [3.63, 3.8) is 0 Å². The molecule has 6 nitrogen and oxygen atoms in total. The van der Waals surface area contributed by atoms with Gasteiger partial charge < -0.3 is 9.64 Å². The molecule has 32 heavy (non-hydrogen) atoms. The van der Waals surface area contributed by atoms with E-state index in [1.54, 1.807) is 49.4 Å². The molecular weight excluding hydrogens is 424 g/mol. The first-order valence-corrected chi connectivity index (χ1v) is 11.9. The number of sulfonamides is 1. The number of hydrogen-bond acceptors (Lipinski definition) is 4. The monoisotopic (exact) mass is 452 g/mol. The summed E-state index contributed by atoms with van der Waals surface area (Å²) in [5, 5.41) is 0. The second-order valence-corrected chi connectivity index (χ2v) is 9.27. The Morgan fingerprint density at radius 3 is 2.34 bits per heavy atom. The molecule has 0 radical (unpaired) electrons. The molecule has 0 saturated heterocycles. The van der Waals surface area contributed by atoms with Crippen LogP contribution < -0.4 is 14.4 Å². The Kier molecular flexibility index (Phi) is 7.66. The summed E-state index contributed by atoms with van der Waals surface area (Å²) in [7, 11) is -0.334. The number of nitrogens with one attached hydrogen (secondary N) is 1. The third-order valence-electron chi connectivity index (χ3n) is 5.31. The van der Waals surface area contributed by atoms with Gasteiger partial charge in [-0.05, 0) is 48.7 Å². The maximum absolute atomic E-state index is 12.7. The summed E-state index contributed by atoms with van der Waals surface area (Å²) in [6, 6.07) is 23.0. The summed E-state index contributed by atoms with van der Waals surface area (Å²) in [5.74, 6) is 0.655. The number of ether oxygens (including phenoxy) is 1. The lowest BCUT2D eigenvalue weighted by atomic mass is 10.1. The molecule has 3 aromatic rings. The summed E-state index contributed by atoms with van der Waals surface area (Å²) in [4.78, 5) is 14.4. The molecule has 0 fully saturated rings. The number of carbonyl (C=O) groups excluding carboxylic acids is 1. The Bertz CT molecular complexity index is 1150. The van der Waals surface area contributed by atoms with Crippen molar-refractivity contribution >= 4 is 21.6 Å². The van der Waals surface area contributed by atoms with Crippen LogP contribution in [-0.4, -0.2) is 28.5 Å². The van der Waals surface area contributed by atoms with Gasteiger partial charge in [-0.3, -0.25) is 4.79 Å². The van der Waals surface area contributed by atoms with Crippen LogP contribution in [0.4, 0.5) is 5.69 Å². The van der Waals surface area contributed by atoms with Gasteiger partial charge in [0.1, 0.15) is 5.75 Å². The Morgan fingerprint density at radius 1 is 1.00 bits per heavy atom. The van der Waals surface area contributed by atoms with Gasteiger partial charge in [0.05, 0.1) is 12.0 Å². The number of hydrogen-bond donors (Lipinski definition) is 1. The second-order valence-electron chi connectivity index (χ2n) is 7.55. The minimum atomic E-state index is -3.65. The largest absolute Gasteiger partial charge is 0.497 e. The van der Waals surface area contributed by atoms with E-state index in [4.69, 9.17) is 4.74 Å². The van der Waals surface area contributed by atoms with E-state index in [2.05, 4.69) is 4.72 Å². The van der Waals surface area contributed by atoms with Crippen LogP contribution >= 0.6 is 0 Å². The van der Waals surface area contributed by atoms with Crippen molar-refractivity contribution in [2.24, 2.45) is 0 Å². The van der Waals surface area contributed by atoms with Crippen LogP contribution in [-0.2, 0) is 21.2 Å². The fraction of sp³-hybridized carbons (Fsp3) is 0.240. The highest BCUT2D eigenvalue weighted by Gasteiger charge is 2.18. The Labute approximate surface area is 189 Å². The van der Waals surface area contributed by atoms with Crippen molar-refractivity contribution in [3.05, 3.63) is 90.0 Å². The van der Waals surface area contributed by atoms with Crippen LogP contribution in [0.5, 0.6) is 5.75 Å². The minimum Gasteiger partial charge on any atom is -0.497 e. The van der Waals surface area contributed by atoms with E-state index in [1.807, 2.05) is 55.5 Å². The van der Waals surface area contributed by atoms with Crippen molar-refractivity contribution in [1.82, 2.24) is 4.72 Å². The van der Waals surface area contributed by atoms with Crippen molar-refractivity contribution < 1.29 is 17.9 Å². The third-order valence-corrected chi connectivity index (χ3v) is 6.86. The molecule has 1 N–H and O–H groups in total. The van der Waals surface area contributed by atoms with Crippen molar-refractivity contribution in [3.8, 4) is 5.75 Å². The van der Waals surface area contributed by atoms with Crippen molar-refractivity contribution in [2.45, 2.75) is 30.7 Å². The lowest BCUT2D eigenvalue weighted by Crippen LogP contribution is -2.27. The lowest BCUT2D eigenvalue weighted by Gasteiger charge is -2.18. The molecule has 0 spiro atoms. The Hall–Kier alpha value is -3.16. The zero-order valence-corrected chi connectivity index (χ0v) is 19.3. The van der Waals surface area contributed by atoms with Crippen LogP contribution in [0.3, 0.4) is 0 Å². The molecule has 0 aromatic heterocycles. The van der Waals surface area contributed by atoms with Gasteiger partial charge in [0.15, 0.2) is 0 Å². The zero-order chi connectivity index (χ0) is 23.1. The van der Waals surface area contributed by atoms with Gasteiger partial charge in [-0.25, -0.2) is 13.1 Å². The average molecular weight is 453 g/mol. The minimum absolute atomic E-state index is 0.0340. The molecule has 0 aliphatic heterocycles. The molecule has 0 saturated carbocycles. The van der Waals surface area contributed by atoms with E-state index in [0.29, 0.717) is 18.6 Å². The second kappa shape index (κ2) is 10.4. The highest BCUT2D eigenvalue weighted by Crippen LogP contribution is 2.21. The first-order chi connectivity index (χ1) is 15.3. The van der Waals surface area contributed by atoms with Gasteiger partial charge in [0.2, 0.25) is 15.9 Å². The zero-order valence-electron chi connectivity index (χ0n) is 18.5. The number of carbonyl (C=O) groups is 1. The molecular formula is C25H28N2O4S. The van der Waals surface area contributed by atoms with Crippen LogP contribution in [0.2, 0.25) is 0 Å². The summed E-state index contributed by atoms with van der Waals surface area (Å²) < 4.78 is 33.3. The van der Waals surface area contributed by atoms with Crippen molar-refractivity contribution in [2.75, 3.05) is 19.1 Å². The van der Waals surface area contributed by atoms with E-state index in [1.165, 1.54) is 0 Å². The predicted molar refractivity (Wildman–Crippen MR) is 126 cm³/mol. The Morgan fingerprint density at radius 2 is 1.69 bits per heavy atom. The molecule has 1 atom stereocenters. The molecule has 1 amide bonds. The van der Waals surface area contributed by atoms with E-state index >= 15 is 0 Å². The van der Waals surface area contributed by atoms with Gasteiger partial charge in [-0.1, -0.05) is 48.5 Å². The van der Waals surface area contributed by atoms with Crippen molar-refractivity contribution in [1.29, 1.82) is 0 Å². The smallest absolute Gasteiger partial charge is 0.241 e. The number of aryl methyl sites for hydroxylation is 1. The van der Waals surface area contributed by atoms with Gasteiger partial charge in [-0.2, -0.15) is 0 Å². The summed E-state index contributed by atoms with van der Waals surface area (Å²) >= 11 is 0. The molecule has 168 valence electrons. The quantitative estimate of drug-likeness (QED) is 0.524. The number of amides is 1. The molecule has 3 rings (SSSR count).